The van der Waals surface area contributed by atoms with Gasteiger partial charge in [-0.3, -0.25) is 4.79 Å². The number of ether oxygens (including phenoxy) is 1. The molecule has 0 fully saturated rings. The van der Waals surface area contributed by atoms with Gasteiger partial charge in [-0.25, -0.2) is 4.79 Å². The van der Waals surface area contributed by atoms with Crippen molar-refractivity contribution < 1.29 is 19.4 Å². The normalized spacial score (nSPS) is 9.95. The first kappa shape index (κ1) is 14.9. The molecule has 0 saturated carbocycles. The predicted molar refractivity (Wildman–Crippen MR) is 79.0 cm³/mol. The van der Waals surface area contributed by atoms with Gasteiger partial charge in [-0.05, 0) is 30.3 Å². The minimum Gasteiger partial charge on any atom is -0.480 e. The lowest BCUT2D eigenvalue weighted by atomic mass is 10.2. The van der Waals surface area contributed by atoms with Gasteiger partial charge in [0.05, 0.1) is 5.69 Å². The van der Waals surface area contributed by atoms with Gasteiger partial charge in [0.2, 0.25) is 0 Å². The van der Waals surface area contributed by atoms with E-state index < -0.39 is 12.6 Å². The Labute approximate surface area is 126 Å². The highest BCUT2D eigenvalue weighted by Gasteiger charge is 2.10. The van der Waals surface area contributed by atoms with Crippen molar-refractivity contribution >= 4 is 29.2 Å². The summed E-state index contributed by atoms with van der Waals surface area (Å²) in [6.45, 7) is -0.482. The summed E-state index contributed by atoms with van der Waals surface area (Å²) < 4.78 is 5.12. The number of halogens is 1. The molecule has 0 radical (unpaired) electrons. The standard InChI is InChI=1S/C15H12ClNO4/c16-11-5-3-4-10(8-11)15(20)17-12-6-1-2-7-13(12)21-9-14(18)19/h1-8H,9H2,(H,17,20)(H,18,19). The average Bonchev–Trinajstić information content (AvgIpc) is 2.46. The molecule has 0 spiro atoms. The Morgan fingerprint density at radius 2 is 1.90 bits per heavy atom. The SMILES string of the molecule is O=C(O)COc1ccccc1NC(=O)c1cccc(Cl)c1. The maximum atomic E-state index is 12.1. The summed E-state index contributed by atoms with van der Waals surface area (Å²) in [5.74, 6) is -1.16. The van der Waals surface area contributed by atoms with E-state index in [1.807, 2.05) is 0 Å². The molecule has 0 heterocycles. The molecule has 2 rings (SSSR count). The van der Waals surface area contributed by atoms with Crippen molar-refractivity contribution in [3.63, 3.8) is 0 Å². The van der Waals surface area contributed by atoms with Gasteiger partial charge in [-0.2, -0.15) is 0 Å². The van der Waals surface area contributed by atoms with Crippen LogP contribution in [0, 0.1) is 0 Å². The van der Waals surface area contributed by atoms with Crippen LogP contribution in [0.3, 0.4) is 0 Å². The Morgan fingerprint density at radius 3 is 2.62 bits per heavy atom. The van der Waals surface area contributed by atoms with Crippen molar-refractivity contribution in [3.8, 4) is 5.75 Å². The first-order valence-electron chi connectivity index (χ1n) is 6.07. The number of benzene rings is 2. The lowest BCUT2D eigenvalue weighted by molar-refractivity contribution is -0.139. The predicted octanol–water partition coefficient (Wildman–Crippen LogP) is 3.06. The summed E-state index contributed by atoms with van der Waals surface area (Å²) in [5, 5.41) is 11.7. The number of hydrogen-bond acceptors (Lipinski definition) is 3. The van der Waals surface area contributed by atoms with Gasteiger partial charge in [-0.1, -0.05) is 29.8 Å². The van der Waals surface area contributed by atoms with Crippen LogP contribution in [0.15, 0.2) is 48.5 Å². The summed E-state index contributed by atoms with van der Waals surface area (Å²) in [7, 11) is 0. The summed E-state index contributed by atoms with van der Waals surface area (Å²) in [6, 6.07) is 13.1. The van der Waals surface area contributed by atoms with Crippen molar-refractivity contribution in [2.45, 2.75) is 0 Å². The molecule has 2 N–H and O–H groups in total. The maximum absolute atomic E-state index is 12.1. The molecule has 0 aromatic heterocycles. The minimum absolute atomic E-state index is 0.287. The number of carboxylic acid groups (broad SMARTS) is 1. The van der Waals surface area contributed by atoms with E-state index in [0.717, 1.165) is 0 Å². The third-order valence-corrected chi connectivity index (χ3v) is 2.81. The molecule has 0 aliphatic carbocycles. The van der Waals surface area contributed by atoms with Crippen LogP contribution in [0.5, 0.6) is 5.75 Å². The highest BCUT2D eigenvalue weighted by atomic mass is 35.5. The van der Waals surface area contributed by atoms with Crippen LogP contribution in [-0.2, 0) is 4.79 Å². The van der Waals surface area contributed by atoms with E-state index in [1.54, 1.807) is 42.5 Å². The van der Waals surface area contributed by atoms with Crippen molar-refractivity contribution in [3.05, 3.63) is 59.1 Å². The molecular formula is C15H12ClNO4. The second-order valence-electron chi connectivity index (χ2n) is 4.14. The molecule has 0 atom stereocenters. The quantitative estimate of drug-likeness (QED) is 0.890. The fraction of sp³-hybridized carbons (Fsp3) is 0.0667. The van der Waals surface area contributed by atoms with Crippen LogP contribution in [0.4, 0.5) is 5.69 Å². The smallest absolute Gasteiger partial charge is 0.341 e. The summed E-state index contributed by atoms with van der Waals surface area (Å²) in [4.78, 5) is 22.7. The van der Waals surface area contributed by atoms with E-state index in [-0.39, 0.29) is 11.7 Å². The number of nitrogens with one attached hydrogen (secondary N) is 1. The minimum atomic E-state index is -1.09. The largest absolute Gasteiger partial charge is 0.480 e. The Kier molecular flexibility index (Phi) is 4.79. The van der Waals surface area contributed by atoms with E-state index in [9.17, 15) is 9.59 Å². The van der Waals surface area contributed by atoms with Gasteiger partial charge >= 0.3 is 5.97 Å². The number of carbonyl (C=O) groups is 2. The van der Waals surface area contributed by atoms with Crippen molar-refractivity contribution in [2.24, 2.45) is 0 Å². The van der Waals surface area contributed by atoms with E-state index in [4.69, 9.17) is 21.4 Å². The van der Waals surface area contributed by atoms with Gasteiger partial charge in [-0.15, -0.1) is 0 Å². The van der Waals surface area contributed by atoms with Crippen LogP contribution in [0.25, 0.3) is 0 Å². The van der Waals surface area contributed by atoms with E-state index in [0.29, 0.717) is 16.3 Å². The Balaban J connectivity index is 2.15. The van der Waals surface area contributed by atoms with Crippen LogP contribution in [-0.4, -0.2) is 23.6 Å². The Morgan fingerprint density at radius 1 is 1.14 bits per heavy atom. The van der Waals surface area contributed by atoms with Crippen LogP contribution in [0.1, 0.15) is 10.4 Å². The molecule has 0 aliphatic rings. The lowest BCUT2D eigenvalue weighted by Crippen LogP contribution is -2.14. The fourth-order valence-electron chi connectivity index (χ4n) is 1.66. The van der Waals surface area contributed by atoms with Gasteiger partial charge in [0, 0.05) is 10.6 Å². The number of carbonyl (C=O) groups excluding carboxylic acids is 1. The molecule has 0 aliphatic heterocycles. The summed E-state index contributed by atoms with van der Waals surface area (Å²) in [5.41, 5.74) is 0.791. The van der Waals surface area contributed by atoms with Crippen LogP contribution < -0.4 is 10.1 Å². The lowest BCUT2D eigenvalue weighted by Gasteiger charge is -2.11. The number of carboxylic acids is 1. The fourth-order valence-corrected chi connectivity index (χ4v) is 1.85. The van der Waals surface area contributed by atoms with Crippen LogP contribution in [0.2, 0.25) is 5.02 Å². The van der Waals surface area contributed by atoms with Crippen molar-refractivity contribution in [1.29, 1.82) is 0 Å². The second kappa shape index (κ2) is 6.76. The highest BCUT2D eigenvalue weighted by molar-refractivity contribution is 6.31. The monoisotopic (exact) mass is 305 g/mol. The average molecular weight is 306 g/mol. The van der Waals surface area contributed by atoms with E-state index in [1.165, 1.54) is 6.07 Å². The number of anilines is 1. The van der Waals surface area contributed by atoms with Gasteiger partial charge in [0.25, 0.3) is 5.91 Å². The third kappa shape index (κ3) is 4.22. The highest BCUT2D eigenvalue weighted by Crippen LogP contribution is 2.24. The zero-order chi connectivity index (χ0) is 15.2. The number of amides is 1. The van der Waals surface area contributed by atoms with Gasteiger partial charge in [0.1, 0.15) is 5.75 Å². The van der Waals surface area contributed by atoms with Gasteiger partial charge < -0.3 is 15.2 Å². The first-order valence-corrected chi connectivity index (χ1v) is 6.44. The topological polar surface area (TPSA) is 75.6 Å². The van der Waals surface area contributed by atoms with Crippen molar-refractivity contribution in [1.82, 2.24) is 0 Å². The second-order valence-corrected chi connectivity index (χ2v) is 4.58. The summed E-state index contributed by atoms with van der Waals surface area (Å²) >= 11 is 5.84. The Hall–Kier alpha value is -2.53. The number of aliphatic carboxylic acids is 1. The Bertz CT molecular complexity index is 672. The molecule has 108 valence electrons. The van der Waals surface area contributed by atoms with Gasteiger partial charge in [0.15, 0.2) is 6.61 Å². The molecule has 0 unspecified atom stereocenters. The van der Waals surface area contributed by atoms with E-state index in [2.05, 4.69) is 5.32 Å². The molecular weight excluding hydrogens is 294 g/mol. The number of rotatable bonds is 5. The molecule has 2 aromatic rings. The summed E-state index contributed by atoms with van der Waals surface area (Å²) in [6.07, 6.45) is 0. The molecule has 0 bridgehead atoms. The molecule has 5 nitrogen and oxygen atoms in total. The van der Waals surface area contributed by atoms with Crippen molar-refractivity contribution in [2.75, 3.05) is 11.9 Å². The molecule has 1 amide bonds. The molecule has 2 aromatic carbocycles. The third-order valence-electron chi connectivity index (χ3n) is 2.57. The number of para-hydroxylation sites is 2. The zero-order valence-electron chi connectivity index (χ0n) is 10.9. The first-order chi connectivity index (χ1) is 10.1. The molecule has 6 heteroatoms. The molecule has 0 saturated heterocycles. The maximum Gasteiger partial charge on any atom is 0.341 e. The zero-order valence-corrected chi connectivity index (χ0v) is 11.6. The van der Waals surface area contributed by atoms with E-state index >= 15 is 0 Å². The number of hydrogen-bond donors (Lipinski definition) is 2. The van der Waals surface area contributed by atoms with Crippen LogP contribution >= 0.6 is 11.6 Å². The molecule has 21 heavy (non-hydrogen) atoms.